The second-order valence-electron chi connectivity index (χ2n) is 6.60. The van der Waals surface area contributed by atoms with Crippen LogP contribution in [0.4, 0.5) is 11.4 Å². The van der Waals surface area contributed by atoms with Crippen molar-refractivity contribution in [1.82, 2.24) is 4.98 Å². The molecule has 1 aliphatic rings. The fourth-order valence-corrected chi connectivity index (χ4v) is 3.98. The maximum atomic E-state index is 12.7. The molecule has 0 fully saturated rings. The third kappa shape index (κ3) is 3.75. The van der Waals surface area contributed by atoms with Crippen LogP contribution in [0.15, 0.2) is 48.5 Å². The Morgan fingerprint density at radius 3 is 2.82 bits per heavy atom. The van der Waals surface area contributed by atoms with Crippen molar-refractivity contribution in [1.29, 1.82) is 0 Å². The van der Waals surface area contributed by atoms with Crippen molar-refractivity contribution < 1.29 is 14.3 Å². The van der Waals surface area contributed by atoms with Gasteiger partial charge in [0, 0.05) is 12.1 Å². The molecular weight excluding hydrogens is 374 g/mol. The summed E-state index contributed by atoms with van der Waals surface area (Å²) in [4.78, 5) is 29.6. The molecule has 0 bridgehead atoms. The first-order valence-corrected chi connectivity index (χ1v) is 9.74. The largest absolute Gasteiger partial charge is 0.479 e. The van der Waals surface area contributed by atoms with Gasteiger partial charge in [0.05, 0.1) is 16.4 Å². The highest BCUT2D eigenvalue weighted by atomic mass is 32.1. The number of aryl methyl sites for hydroxylation is 1. The minimum atomic E-state index is -0.532. The smallest absolute Gasteiger partial charge is 0.267 e. The number of thiazole rings is 1. The van der Waals surface area contributed by atoms with Crippen LogP contribution in [0.2, 0.25) is 0 Å². The summed E-state index contributed by atoms with van der Waals surface area (Å²) in [5, 5.41) is 6.56. The molecule has 28 heavy (non-hydrogen) atoms. The topological polar surface area (TPSA) is 80.3 Å². The highest BCUT2D eigenvalue weighted by molar-refractivity contribution is 7.14. The molecule has 2 aromatic carbocycles. The van der Waals surface area contributed by atoms with Gasteiger partial charge in [-0.3, -0.25) is 9.59 Å². The van der Waals surface area contributed by atoms with Gasteiger partial charge < -0.3 is 15.4 Å². The van der Waals surface area contributed by atoms with Crippen LogP contribution in [-0.4, -0.2) is 22.9 Å². The van der Waals surface area contributed by atoms with Gasteiger partial charge in [-0.25, -0.2) is 4.98 Å². The predicted octanol–water partition coefficient (Wildman–Crippen LogP) is 4.01. The zero-order valence-electron chi connectivity index (χ0n) is 15.5. The highest BCUT2D eigenvalue weighted by Crippen LogP contribution is 2.32. The number of hydrogen-bond donors (Lipinski definition) is 2. The van der Waals surface area contributed by atoms with Crippen LogP contribution < -0.4 is 15.4 Å². The van der Waals surface area contributed by atoms with Crippen molar-refractivity contribution in [2.75, 3.05) is 10.6 Å². The molecular formula is C21H19N3O3S. The van der Waals surface area contributed by atoms with Crippen LogP contribution in [-0.2, 0) is 11.2 Å². The van der Waals surface area contributed by atoms with Crippen molar-refractivity contribution in [3.05, 3.63) is 69.7 Å². The maximum absolute atomic E-state index is 12.7. The van der Waals surface area contributed by atoms with Crippen LogP contribution >= 0.6 is 11.3 Å². The van der Waals surface area contributed by atoms with Crippen molar-refractivity contribution in [2.45, 2.75) is 26.4 Å². The molecule has 142 valence electrons. The summed E-state index contributed by atoms with van der Waals surface area (Å²) in [5.74, 6) is 0.162. The third-order valence-electron chi connectivity index (χ3n) is 4.41. The first kappa shape index (κ1) is 18.2. The molecule has 1 aliphatic heterocycles. The lowest BCUT2D eigenvalue weighted by atomic mass is 10.2. The average Bonchev–Trinajstić information content (AvgIpc) is 3.04. The molecule has 3 aromatic rings. The summed E-state index contributed by atoms with van der Waals surface area (Å²) in [5.41, 5.74) is 2.99. The Morgan fingerprint density at radius 2 is 2.04 bits per heavy atom. The van der Waals surface area contributed by atoms with Crippen molar-refractivity contribution in [3.8, 4) is 5.75 Å². The van der Waals surface area contributed by atoms with Crippen LogP contribution in [0.1, 0.15) is 32.9 Å². The third-order valence-corrected chi connectivity index (χ3v) is 5.57. The van der Waals surface area contributed by atoms with Gasteiger partial charge in [-0.2, -0.15) is 0 Å². The van der Waals surface area contributed by atoms with Gasteiger partial charge in [0.25, 0.3) is 11.8 Å². The van der Waals surface area contributed by atoms with Crippen molar-refractivity contribution in [2.24, 2.45) is 0 Å². The molecule has 1 aromatic heterocycles. The van der Waals surface area contributed by atoms with E-state index in [0.29, 0.717) is 34.1 Å². The zero-order chi connectivity index (χ0) is 19.7. The second kappa shape index (κ2) is 7.44. The maximum Gasteiger partial charge on any atom is 0.267 e. The van der Waals surface area contributed by atoms with E-state index >= 15 is 0 Å². The van der Waals surface area contributed by atoms with E-state index in [1.54, 1.807) is 25.1 Å². The number of nitrogens with zero attached hydrogens (tertiary/aromatic N) is 1. The first-order chi connectivity index (χ1) is 13.5. The number of anilines is 2. The molecule has 4 rings (SSSR count). The number of hydrogen-bond acceptors (Lipinski definition) is 5. The number of amides is 2. The Balaban J connectivity index is 1.50. The molecule has 0 saturated heterocycles. The number of fused-ring (bicyclic) bond motifs is 1. The number of carbonyl (C=O) groups is 2. The number of benzene rings is 2. The summed E-state index contributed by atoms with van der Waals surface area (Å²) in [6, 6.07) is 15.2. The van der Waals surface area contributed by atoms with Gasteiger partial charge >= 0.3 is 0 Å². The standard InChI is InChI=1S/C21H19N3O3S/c1-12-19(28-18(22-12)10-14-6-4-3-5-7-14)21(26)23-15-8-9-17-16(11-15)24-20(25)13(2)27-17/h3-9,11,13H,10H2,1-2H3,(H,23,26)(H,24,25)/t13-/m1/s1. The lowest BCUT2D eigenvalue weighted by Gasteiger charge is -2.23. The summed E-state index contributed by atoms with van der Waals surface area (Å²) < 4.78 is 5.54. The quantitative estimate of drug-likeness (QED) is 0.702. The second-order valence-corrected chi connectivity index (χ2v) is 7.68. The number of carbonyl (C=O) groups excluding carboxylic acids is 2. The molecule has 0 unspecified atom stereocenters. The lowest BCUT2D eigenvalue weighted by Crippen LogP contribution is -2.34. The Bertz CT molecular complexity index is 1050. The molecule has 0 saturated carbocycles. The molecule has 0 aliphatic carbocycles. The molecule has 2 N–H and O–H groups in total. The molecule has 1 atom stereocenters. The fraction of sp³-hybridized carbons (Fsp3) is 0.190. The predicted molar refractivity (Wildman–Crippen MR) is 109 cm³/mol. The molecule has 7 heteroatoms. The Kier molecular flexibility index (Phi) is 4.83. The van der Waals surface area contributed by atoms with Gasteiger partial charge in [-0.1, -0.05) is 30.3 Å². The van der Waals surface area contributed by atoms with E-state index in [-0.39, 0.29) is 11.8 Å². The molecule has 2 amide bonds. The van der Waals surface area contributed by atoms with E-state index < -0.39 is 6.10 Å². The minimum Gasteiger partial charge on any atom is -0.479 e. The van der Waals surface area contributed by atoms with Crippen LogP contribution in [0.5, 0.6) is 5.75 Å². The van der Waals surface area contributed by atoms with Crippen LogP contribution in [0.25, 0.3) is 0 Å². The Morgan fingerprint density at radius 1 is 1.25 bits per heavy atom. The van der Waals surface area contributed by atoms with Gasteiger partial charge in [-0.05, 0) is 37.6 Å². The normalized spacial score (nSPS) is 15.4. The van der Waals surface area contributed by atoms with Crippen LogP contribution in [0, 0.1) is 6.92 Å². The first-order valence-electron chi connectivity index (χ1n) is 8.93. The van der Waals surface area contributed by atoms with Gasteiger partial charge in [0.2, 0.25) is 0 Å². The van der Waals surface area contributed by atoms with Gasteiger partial charge in [-0.15, -0.1) is 11.3 Å². The Hall–Kier alpha value is -3.19. The van der Waals surface area contributed by atoms with E-state index in [1.807, 2.05) is 37.3 Å². The van der Waals surface area contributed by atoms with Crippen LogP contribution in [0.3, 0.4) is 0 Å². The summed E-state index contributed by atoms with van der Waals surface area (Å²) in [6.45, 7) is 3.52. The van der Waals surface area contributed by atoms with E-state index in [1.165, 1.54) is 11.3 Å². The SMILES string of the molecule is Cc1nc(Cc2ccccc2)sc1C(=O)Nc1ccc2c(c1)NC(=O)[C@@H](C)O2. The molecule has 0 spiro atoms. The van der Waals surface area contributed by atoms with Gasteiger partial charge in [0.1, 0.15) is 10.6 Å². The minimum absolute atomic E-state index is 0.208. The van der Waals surface area contributed by atoms with Gasteiger partial charge in [0.15, 0.2) is 6.10 Å². The highest BCUT2D eigenvalue weighted by Gasteiger charge is 2.24. The molecule has 2 heterocycles. The summed E-state index contributed by atoms with van der Waals surface area (Å²) in [7, 11) is 0. The summed E-state index contributed by atoms with van der Waals surface area (Å²) >= 11 is 1.39. The van der Waals surface area contributed by atoms with E-state index in [0.717, 1.165) is 10.6 Å². The van der Waals surface area contributed by atoms with Crippen molar-refractivity contribution >= 4 is 34.5 Å². The zero-order valence-corrected chi connectivity index (χ0v) is 16.3. The van der Waals surface area contributed by atoms with E-state index in [2.05, 4.69) is 15.6 Å². The van der Waals surface area contributed by atoms with E-state index in [9.17, 15) is 9.59 Å². The molecule has 6 nitrogen and oxygen atoms in total. The monoisotopic (exact) mass is 393 g/mol. The van der Waals surface area contributed by atoms with E-state index in [4.69, 9.17) is 4.74 Å². The summed E-state index contributed by atoms with van der Waals surface area (Å²) in [6.07, 6.45) is 0.163. The average molecular weight is 393 g/mol. The fourth-order valence-electron chi connectivity index (χ4n) is 2.98. The number of ether oxygens (including phenoxy) is 1. The number of nitrogens with one attached hydrogen (secondary N) is 2. The number of aromatic nitrogens is 1. The number of rotatable bonds is 4. The molecule has 0 radical (unpaired) electrons. The Labute approximate surface area is 166 Å². The van der Waals surface area contributed by atoms with Crippen molar-refractivity contribution in [3.63, 3.8) is 0 Å². The lowest BCUT2D eigenvalue weighted by molar-refractivity contribution is -0.122.